The SMILES string of the molecule is C[C@@H](c1nc2ccccc2s1)N(C)C(=O)CSc1nnc(C2CC2)n1-c1ccccc1. The second kappa shape index (κ2) is 8.43. The normalized spacial score (nSPS) is 14.6. The van der Waals surface area contributed by atoms with Crippen molar-refractivity contribution in [3.8, 4) is 5.69 Å². The Morgan fingerprint density at radius 1 is 1.16 bits per heavy atom. The summed E-state index contributed by atoms with van der Waals surface area (Å²) >= 11 is 3.08. The number of aromatic nitrogens is 4. The van der Waals surface area contributed by atoms with Crippen molar-refractivity contribution in [3.05, 3.63) is 65.4 Å². The molecule has 0 N–H and O–H groups in total. The molecule has 1 fully saturated rings. The molecule has 6 nitrogen and oxygen atoms in total. The fourth-order valence-electron chi connectivity index (χ4n) is 3.48. The van der Waals surface area contributed by atoms with Crippen molar-refractivity contribution in [2.75, 3.05) is 12.8 Å². The number of hydrogen-bond donors (Lipinski definition) is 0. The monoisotopic (exact) mass is 449 g/mol. The van der Waals surface area contributed by atoms with Gasteiger partial charge in [0.25, 0.3) is 0 Å². The number of amides is 1. The van der Waals surface area contributed by atoms with Crippen LogP contribution in [-0.2, 0) is 4.79 Å². The van der Waals surface area contributed by atoms with Gasteiger partial charge in [-0.3, -0.25) is 9.36 Å². The van der Waals surface area contributed by atoms with Gasteiger partial charge in [-0.15, -0.1) is 21.5 Å². The molecule has 0 saturated heterocycles. The van der Waals surface area contributed by atoms with E-state index in [1.807, 2.05) is 50.4 Å². The second-order valence-corrected chi connectivity index (χ2v) is 9.78. The summed E-state index contributed by atoms with van der Waals surface area (Å²) in [6.07, 6.45) is 2.30. The molecule has 1 saturated carbocycles. The Hall–Kier alpha value is -2.71. The van der Waals surface area contributed by atoms with Crippen LogP contribution in [0.2, 0.25) is 0 Å². The topological polar surface area (TPSA) is 63.9 Å². The lowest BCUT2D eigenvalue weighted by molar-refractivity contribution is -0.128. The van der Waals surface area contributed by atoms with Crippen LogP contribution in [0.5, 0.6) is 0 Å². The summed E-state index contributed by atoms with van der Waals surface area (Å²) in [6, 6.07) is 18.1. The van der Waals surface area contributed by atoms with Crippen LogP contribution in [0.15, 0.2) is 59.8 Å². The summed E-state index contributed by atoms with van der Waals surface area (Å²) in [7, 11) is 1.84. The highest BCUT2D eigenvalue weighted by molar-refractivity contribution is 7.99. The zero-order chi connectivity index (χ0) is 21.4. The molecule has 0 bridgehead atoms. The van der Waals surface area contributed by atoms with Gasteiger partial charge in [0.05, 0.1) is 22.0 Å². The van der Waals surface area contributed by atoms with Gasteiger partial charge >= 0.3 is 0 Å². The average Bonchev–Trinajstić information content (AvgIpc) is 3.41. The Bertz CT molecular complexity index is 1180. The maximum Gasteiger partial charge on any atom is 0.233 e. The molecule has 8 heteroatoms. The van der Waals surface area contributed by atoms with E-state index in [4.69, 9.17) is 4.98 Å². The Morgan fingerprint density at radius 3 is 2.65 bits per heavy atom. The molecule has 1 atom stereocenters. The molecule has 1 amide bonds. The van der Waals surface area contributed by atoms with Gasteiger partial charge < -0.3 is 4.90 Å². The van der Waals surface area contributed by atoms with E-state index >= 15 is 0 Å². The first-order valence-electron chi connectivity index (χ1n) is 10.4. The molecule has 0 aliphatic heterocycles. The predicted molar refractivity (Wildman–Crippen MR) is 125 cm³/mol. The average molecular weight is 450 g/mol. The van der Waals surface area contributed by atoms with E-state index in [0.717, 1.165) is 44.7 Å². The summed E-state index contributed by atoms with van der Waals surface area (Å²) in [5, 5.41) is 10.6. The zero-order valence-electron chi connectivity index (χ0n) is 17.4. The minimum absolute atomic E-state index is 0.0485. The number of thioether (sulfide) groups is 1. The van der Waals surface area contributed by atoms with Crippen LogP contribution >= 0.6 is 23.1 Å². The summed E-state index contributed by atoms with van der Waals surface area (Å²) < 4.78 is 3.25. The first kappa shape index (κ1) is 20.2. The lowest BCUT2D eigenvalue weighted by Crippen LogP contribution is -2.31. The first-order chi connectivity index (χ1) is 15.1. The van der Waals surface area contributed by atoms with E-state index < -0.39 is 0 Å². The number of fused-ring (bicyclic) bond motifs is 1. The molecule has 31 heavy (non-hydrogen) atoms. The fourth-order valence-corrected chi connectivity index (χ4v) is 5.42. The molecular formula is C23H23N5OS2. The third-order valence-electron chi connectivity index (χ3n) is 5.58. The molecule has 2 aromatic carbocycles. The molecule has 1 aliphatic rings. The van der Waals surface area contributed by atoms with Crippen molar-refractivity contribution >= 4 is 39.2 Å². The number of benzene rings is 2. The van der Waals surface area contributed by atoms with E-state index in [0.29, 0.717) is 11.7 Å². The number of thiazole rings is 1. The fraction of sp³-hybridized carbons (Fsp3) is 0.304. The maximum absolute atomic E-state index is 13.0. The zero-order valence-corrected chi connectivity index (χ0v) is 19.1. The highest BCUT2D eigenvalue weighted by atomic mass is 32.2. The molecule has 5 rings (SSSR count). The van der Waals surface area contributed by atoms with Crippen molar-refractivity contribution in [1.82, 2.24) is 24.6 Å². The van der Waals surface area contributed by atoms with Crippen LogP contribution in [-0.4, -0.2) is 43.4 Å². The molecule has 1 aliphatic carbocycles. The van der Waals surface area contributed by atoms with Crippen LogP contribution in [0.3, 0.4) is 0 Å². The molecule has 158 valence electrons. The lowest BCUT2D eigenvalue weighted by Gasteiger charge is -2.23. The number of carbonyl (C=O) groups excluding carboxylic acids is 1. The third-order valence-corrected chi connectivity index (χ3v) is 7.70. The van der Waals surface area contributed by atoms with Crippen molar-refractivity contribution in [1.29, 1.82) is 0 Å². The summed E-state index contributed by atoms with van der Waals surface area (Å²) in [4.78, 5) is 19.5. The molecular weight excluding hydrogens is 426 g/mol. The number of rotatable bonds is 7. The summed E-state index contributed by atoms with van der Waals surface area (Å²) in [5.74, 6) is 1.82. The molecule has 2 heterocycles. The van der Waals surface area contributed by atoms with Gasteiger partial charge in [0, 0.05) is 18.7 Å². The largest absolute Gasteiger partial charge is 0.336 e. The van der Waals surface area contributed by atoms with Gasteiger partial charge in [-0.1, -0.05) is 42.1 Å². The van der Waals surface area contributed by atoms with E-state index in [-0.39, 0.29) is 11.9 Å². The standard InChI is InChI=1S/C23H23N5OS2/c1-15(22-24-18-10-6-7-11-19(18)31-22)27(2)20(29)14-30-23-26-25-21(16-12-13-16)28(23)17-8-4-3-5-9-17/h3-11,15-16H,12-14H2,1-2H3/t15-/m0/s1. The van der Waals surface area contributed by atoms with Crippen LogP contribution in [0.25, 0.3) is 15.9 Å². The maximum atomic E-state index is 13.0. The smallest absolute Gasteiger partial charge is 0.233 e. The summed E-state index contributed by atoms with van der Waals surface area (Å²) in [5.41, 5.74) is 2.02. The van der Waals surface area contributed by atoms with Crippen molar-refractivity contribution in [2.24, 2.45) is 0 Å². The number of nitrogens with zero attached hydrogens (tertiary/aromatic N) is 5. The van der Waals surface area contributed by atoms with Crippen molar-refractivity contribution < 1.29 is 4.79 Å². The van der Waals surface area contributed by atoms with Crippen molar-refractivity contribution in [3.63, 3.8) is 0 Å². The predicted octanol–water partition coefficient (Wildman–Crippen LogP) is 5.07. The Morgan fingerprint density at radius 2 is 1.90 bits per heavy atom. The minimum Gasteiger partial charge on any atom is -0.336 e. The van der Waals surface area contributed by atoms with Gasteiger partial charge in [0.2, 0.25) is 5.91 Å². The van der Waals surface area contributed by atoms with Crippen LogP contribution in [0, 0.1) is 0 Å². The number of hydrogen-bond acceptors (Lipinski definition) is 6. The Labute approximate surface area is 189 Å². The molecule has 0 radical (unpaired) electrons. The summed E-state index contributed by atoms with van der Waals surface area (Å²) in [6.45, 7) is 2.03. The van der Waals surface area contributed by atoms with Gasteiger partial charge in [-0.2, -0.15) is 0 Å². The number of para-hydroxylation sites is 2. The van der Waals surface area contributed by atoms with Crippen LogP contribution in [0.1, 0.15) is 42.6 Å². The molecule has 0 unspecified atom stereocenters. The second-order valence-electron chi connectivity index (χ2n) is 7.78. The van der Waals surface area contributed by atoms with Crippen LogP contribution in [0.4, 0.5) is 0 Å². The minimum atomic E-state index is -0.0838. The van der Waals surface area contributed by atoms with Gasteiger partial charge in [0.15, 0.2) is 5.16 Å². The van der Waals surface area contributed by atoms with Gasteiger partial charge in [0.1, 0.15) is 10.8 Å². The highest BCUT2D eigenvalue weighted by Crippen LogP contribution is 2.41. The van der Waals surface area contributed by atoms with E-state index in [1.54, 1.807) is 16.2 Å². The first-order valence-corrected chi connectivity index (χ1v) is 12.2. The van der Waals surface area contributed by atoms with Crippen LogP contribution < -0.4 is 0 Å². The molecule has 2 aromatic heterocycles. The van der Waals surface area contributed by atoms with Gasteiger partial charge in [-0.25, -0.2) is 4.98 Å². The molecule has 0 spiro atoms. The lowest BCUT2D eigenvalue weighted by atomic mass is 10.3. The van der Waals surface area contributed by atoms with Gasteiger partial charge in [-0.05, 0) is 44.0 Å². The van der Waals surface area contributed by atoms with E-state index in [2.05, 4.69) is 33.0 Å². The van der Waals surface area contributed by atoms with E-state index in [1.165, 1.54) is 11.8 Å². The molecule has 4 aromatic rings. The third kappa shape index (κ3) is 4.09. The number of carbonyl (C=O) groups is 1. The Kier molecular flexibility index (Phi) is 5.50. The Balaban J connectivity index is 1.31. The highest BCUT2D eigenvalue weighted by Gasteiger charge is 2.31. The van der Waals surface area contributed by atoms with Crippen molar-refractivity contribution in [2.45, 2.75) is 36.9 Å². The van der Waals surface area contributed by atoms with E-state index in [9.17, 15) is 4.79 Å². The quantitative estimate of drug-likeness (QED) is 0.369.